The van der Waals surface area contributed by atoms with Gasteiger partial charge in [-0.15, -0.1) is 0 Å². The van der Waals surface area contributed by atoms with E-state index < -0.39 is 11.7 Å². The first-order valence-electron chi connectivity index (χ1n) is 5.87. The molecule has 0 bridgehead atoms. The molecule has 0 saturated heterocycles. The Kier molecular flexibility index (Phi) is 4.30. The summed E-state index contributed by atoms with van der Waals surface area (Å²) in [6.45, 7) is 0. The van der Waals surface area contributed by atoms with Crippen LogP contribution in [0.3, 0.4) is 0 Å². The molecule has 2 aromatic rings. The van der Waals surface area contributed by atoms with E-state index in [0.29, 0.717) is 16.3 Å². The maximum absolute atomic E-state index is 12.5. The van der Waals surface area contributed by atoms with E-state index in [0.717, 1.165) is 12.1 Å². The molecule has 1 aromatic carbocycles. The molecule has 0 saturated carbocycles. The minimum absolute atomic E-state index is 0.283. The number of hydrogen-bond acceptors (Lipinski definition) is 2. The summed E-state index contributed by atoms with van der Waals surface area (Å²) >= 11 is 5.77. The Morgan fingerprint density at radius 1 is 1.10 bits per heavy atom. The summed E-state index contributed by atoms with van der Waals surface area (Å²) < 4.78 is 37.6. The lowest BCUT2D eigenvalue weighted by Gasteiger charge is -2.17. The molecule has 1 aromatic heterocycles. The molecular weight excluding hydrogens is 289 g/mol. The number of alkyl halides is 3. The van der Waals surface area contributed by atoms with Crippen LogP contribution in [0.1, 0.15) is 22.9 Å². The van der Waals surface area contributed by atoms with Gasteiger partial charge < -0.3 is 5.32 Å². The molecule has 1 N–H and O–H groups in total. The quantitative estimate of drug-likeness (QED) is 0.924. The second-order valence-corrected chi connectivity index (χ2v) is 4.68. The number of hydrogen-bond donors (Lipinski definition) is 1. The Bertz CT molecular complexity index is 564. The highest BCUT2D eigenvalue weighted by atomic mass is 35.5. The highest BCUT2D eigenvalue weighted by Crippen LogP contribution is 2.30. The molecule has 1 atom stereocenters. The number of nitrogens with one attached hydrogen (secondary N) is 1. The molecule has 0 fully saturated rings. The van der Waals surface area contributed by atoms with Gasteiger partial charge in [0.1, 0.15) is 0 Å². The van der Waals surface area contributed by atoms with E-state index >= 15 is 0 Å². The van der Waals surface area contributed by atoms with E-state index in [-0.39, 0.29) is 6.04 Å². The van der Waals surface area contributed by atoms with Gasteiger partial charge in [-0.3, -0.25) is 4.98 Å². The van der Waals surface area contributed by atoms with E-state index in [1.165, 1.54) is 18.3 Å². The maximum Gasteiger partial charge on any atom is 0.416 e. The third kappa shape index (κ3) is 3.29. The summed E-state index contributed by atoms with van der Waals surface area (Å²) in [6, 6.07) is 8.17. The Labute approximate surface area is 119 Å². The van der Waals surface area contributed by atoms with Gasteiger partial charge in [-0.2, -0.15) is 13.2 Å². The molecular formula is C14H12ClF3N2. The van der Waals surface area contributed by atoms with E-state index in [9.17, 15) is 13.2 Å². The number of pyridine rings is 1. The monoisotopic (exact) mass is 300 g/mol. The fraction of sp³-hybridized carbons (Fsp3) is 0.214. The van der Waals surface area contributed by atoms with Crippen LogP contribution in [0.15, 0.2) is 42.6 Å². The Balaban J connectivity index is 2.30. The molecule has 0 amide bonds. The standard InChI is InChI=1S/C14H12ClF3N2/c1-19-13(12-7-6-11(15)8-20-12)9-2-4-10(5-3-9)14(16,17)18/h2-8,13,19H,1H3. The molecule has 20 heavy (non-hydrogen) atoms. The Hall–Kier alpha value is -1.59. The van der Waals surface area contributed by atoms with E-state index in [4.69, 9.17) is 11.6 Å². The molecule has 0 spiro atoms. The van der Waals surface area contributed by atoms with Gasteiger partial charge >= 0.3 is 6.18 Å². The van der Waals surface area contributed by atoms with Gasteiger partial charge in [0.25, 0.3) is 0 Å². The molecule has 2 nitrogen and oxygen atoms in total. The lowest BCUT2D eigenvalue weighted by Crippen LogP contribution is -2.19. The smallest absolute Gasteiger partial charge is 0.308 e. The minimum atomic E-state index is -4.33. The van der Waals surface area contributed by atoms with Crippen LogP contribution in [0.5, 0.6) is 0 Å². The largest absolute Gasteiger partial charge is 0.416 e. The molecule has 6 heteroatoms. The van der Waals surface area contributed by atoms with Crippen LogP contribution in [0.2, 0.25) is 5.02 Å². The summed E-state index contributed by atoms with van der Waals surface area (Å²) in [5, 5.41) is 3.54. The number of aromatic nitrogens is 1. The Morgan fingerprint density at radius 2 is 1.75 bits per heavy atom. The summed E-state index contributed by atoms with van der Waals surface area (Å²) in [6.07, 6.45) is -2.82. The second kappa shape index (κ2) is 5.81. The van der Waals surface area contributed by atoms with Crippen LogP contribution in [0.4, 0.5) is 13.2 Å². The van der Waals surface area contributed by atoms with Crippen molar-refractivity contribution in [2.45, 2.75) is 12.2 Å². The van der Waals surface area contributed by atoms with Crippen molar-refractivity contribution >= 4 is 11.6 Å². The fourth-order valence-electron chi connectivity index (χ4n) is 1.91. The molecule has 0 aliphatic heterocycles. The van der Waals surface area contributed by atoms with Gasteiger partial charge in [0, 0.05) is 6.20 Å². The van der Waals surface area contributed by atoms with Crippen molar-refractivity contribution in [2.24, 2.45) is 0 Å². The zero-order valence-corrected chi connectivity index (χ0v) is 11.3. The Morgan fingerprint density at radius 3 is 2.20 bits per heavy atom. The SMILES string of the molecule is CNC(c1ccc(C(F)(F)F)cc1)c1ccc(Cl)cn1. The first-order chi connectivity index (χ1) is 9.41. The van der Waals surface area contributed by atoms with E-state index in [1.54, 1.807) is 19.2 Å². The predicted octanol–water partition coefficient (Wildman–Crippen LogP) is 4.06. The summed E-state index contributed by atoms with van der Waals surface area (Å²) in [7, 11) is 1.72. The third-order valence-corrected chi connectivity index (χ3v) is 3.13. The molecule has 0 radical (unpaired) electrons. The summed E-state index contributed by atoms with van der Waals surface area (Å²) in [4.78, 5) is 4.18. The van der Waals surface area contributed by atoms with Crippen LogP contribution in [0, 0.1) is 0 Å². The number of nitrogens with zero attached hydrogens (tertiary/aromatic N) is 1. The number of halogens is 4. The van der Waals surface area contributed by atoms with Crippen molar-refractivity contribution in [1.82, 2.24) is 10.3 Å². The molecule has 0 aliphatic carbocycles. The highest BCUT2D eigenvalue weighted by Gasteiger charge is 2.30. The molecule has 1 heterocycles. The minimum Gasteiger partial charge on any atom is -0.308 e. The lowest BCUT2D eigenvalue weighted by molar-refractivity contribution is -0.137. The van der Waals surface area contributed by atoms with Crippen molar-refractivity contribution in [3.05, 3.63) is 64.4 Å². The van der Waals surface area contributed by atoms with Crippen molar-refractivity contribution in [2.75, 3.05) is 7.05 Å². The van der Waals surface area contributed by atoms with Gasteiger partial charge in [-0.05, 0) is 36.9 Å². The average Bonchev–Trinajstić information content (AvgIpc) is 2.41. The zero-order valence-electron chi connectivity index (χ0n) is 10.6. The first-order valence-corrected chi connectivity index (χ1v) is 6.25. The second-order valence-electron chi connectivity index (χ2n) is 4.24. The third-order valence-electron chi connectivity index (χ3n) is 2.91. The summed E-state index contributed by atoms with van der Waals surface area (Å²) in [5.74, 6) is 0. The van der Waals surface area contributed by atoms with Crippen LogP contribution in [0.25, 0.3) is 0 Å². The van der Waals surface area contributed by atoms with Crippen molar-refractivity contribution in [3.8, 4) is 0 Å². The molecule has 0 aliphatic rings. The maximum atomic E-state index is 12.5. The van der Waals surface area contributed by atoms with Crippen molar-refractivity contribution < 1.29 is 13.2 Å². The highest BCUT2D eigenvalue weighted by molar-refractivity contribution is 6.30. The predicted molar refractivity (Wildman–Crippen MR) is 71.6 cm³/mol. The van der Waals surface area contributed by atoms with E-state index in [1.807, 2.05) is 0 Å². The van der Waals surface area contributed by atoms with Crippen molar-refractivity contribution in [3.63, 3.8) is 0 Å². The molecule has 1 unspecified atom stereocenters. The van der Waals surface area contributed by atoms with E-state index in [2.05, 4.69) is 10.3 Å². The molecule has 2 rings (SSSR count). The normalized spacial score (nSPS) is 13.2. The zero-order chi connectivity index (χ0) is 14.8. The van der Waals surface area contributed by atoms with Gasteiger partial charge in [-0.1, -0.05) is 23.7 Å². The fourth-order valence-corrected chi connectivity index (χ4v) is 2.02. The van der Waals surface area contributed by atoms with Gasteiger partial charge in [0.2, 0.25) is 0 Å². The van der Waals surface area contributed by atoms with Gasteiger partial charge in [0.05, 0.1) is 22.3 Å². The van der Waals surface area contributed by atoms with Crippen LogP contribution in [-0.2, 0) is 6.18 Å². The number of benzene rings is 1. The average molecular weight is 301 g/mol. The first kappa shape index (κ1) is 14.8. The van der Waals surface area contributed by atoms with Crippen LogP contribution < -0.4 is 5.32 Å². The van der Waals surface area contributed by atoms with Crippen molar-refractivity contribution in [1.29, 1.82) is 0 Å². The van der Waals surface area contributed by atoms with Crippen LogP contribution in [-0.4, -0.2) is 12.0 Å². The topological polar surface area (TPSA) is 24.9 Å². The van der Waals surface area contributed by atoms with Gasteiger partial charge in [-0.25, -0.2) is 0 Å². The summed E-state index contributed by atoms with van der Waals surface area (Å²) in [5.41, 5.74) is 0.729. The van der Waals surface area contributed by atoms with Gasteiger partial charge in [0.15, 0.2) is 0 Å². The van der Waals surface area contributed by atoms with Crippen LogP contribution >= 0.6 is 11.6 Å². The molecule has 106 valence electrons. The lowest BCUT2D eigenvalue weighted by atomic mass is 10.0. The number of rotatable bonds is 3.